The predicted molar refractivity (Wildman–Crippen MR) is 112 cm³/mol. The number of anilines is 1. The first kappa shape index (κ1) is 18.1. The van der Waals surface area contributed by atoms with Gasteiger partial charge in [-0.25, -0.2) is 9.97 Å². The summed E-state index contributed by atoms with van der Waals surface area (Å²) < 4.78 is 0. The Morgan fingerprint density at radius 1 is 1.22 bits per heavy atom. The zero-order valence-corrected chi connectivity index (χ0v) is 17.3. The SMILES string of the molecule is Cc1ccc(-c2nc(C)c(C(=O)N[C@H]3CCc4nc(N)sc4C3)s2)c(C)c1. The number of carbonyl (C=O) groups excluding carboxylic acids is 1. The summed E-state index contributed by atoms with van der Waals surface area (Å²) in [5.74, 6) is -0.0352. The van der Waals surface area contributed by atoms with Gasteiger partial charge in [-0.15, -0.1) is 22.7 Å². The molecule has 1 aliphatic carbocycles. The zero-order chi connectivity index (χ0) is 19.1. The molecular formula is C20H22N4OS2. The number of thiazole rings is 2. The molecule has 2 aromatic heterocycles. The van der Waals surface area contributed by atoms with Crippen molar-refractivity contribution in [2.24, 2.45) is 0 Å². The van der Waals surface area contributed by atoms with Crippen molar-refractivity contribution >= 4 is 33.7 Å². The van der Waals surface area contributed by atoms with E-state index in [9.17, 15) is 4.79 Å². The van der Waals surface area contributed by atoms with Gasteiger partial charge < -0.3 is 11.1 Å². The van der Waals surface area contributed by atoms with Crippen LogP contribution < -0.4 is 11.1 Å². The van der Waals surface area contributed by atoms with Gasteiger partial charge in [-0.2, -0.15) is 0 Å². The number of hydrogen-bond acceptors (Lipinski definition) is 6. The molecule has 1 aromatic carbocycles. The van der Waals surface area contributed by atoms with E-state index in [-0.39, 0.29) is 11.9 Å². The molecule has 0 radical (unpaired) electrons. The first-order chi connectivity index (χ1) is 12.9. The normalized spacial score (nSPS) is 16.2. The minimum Gasteiger partial charge on any atom is -0.375 e. The fourth-order valence-electron chi connectivity index (χ4n) is 3.54. The number of rotatable bonds is 3. The average Bonchev–Trinajstić information content (AvgIpc) is 3.16. The lowest BCUT2D eigenvalue weighted by Crippen LogP contribution is -2.38. The number of aryl methyl sites for hydroxylation is 4. The topological polar surface area (TPSA) is 80.9 Å². The zero-order valence-electron chi connectivity index (χ0n) is 15.6. The van der Waals surface area contributed by atoms with Crippen molar-refractivity contribution in [3.8, 4) is 10.6 Å². The van der Waals surface area contributed by atoms with Crippen LogP contribution in [-0.4, -0.2) is 21.9 Å². The fourth-order valence-corrected chi connectivity index (χ4v) is 5.56. The molecule has 3 aromatic rings. The molecule has 7 heteroatoms. The Morgan fingerprint density at radius 2 is 2.04 bits per heavy atom. The second-order valence-electron chi connectivity index (χ2n) is 7.09. The predicted octanol–water partition coefficient (Wildman–Crippen LogP) is 4.06. The summed E-state index contributed by atoms with van der Waals surface area (Å²) >= 11 is 3.00. The van der Waals surface area contributed by atoms with Crippen LogP contribution in [0.2, 0.25) is 0 Å². The molecule has 1 atom stereocenters. The van der Waals surface area contributed by atoms with Gasteiger partial charge in [0.15, 0.2) is 5.13 Å². The molecule has 0 spiro atoms. The Kier molecular flexibility index (Phi) is 4.74. The lowest BCUT2D eigenvalue weighted by Gasteiger charge is -2.22. The number of nitrogens with one attached hydrogen (secondary N) is 1. The first-order valence-corrected chi connectivity index (χ1v) is 10.6. The number of nitrogens with two attached hydrogens (primary N) is 1. The summed E-state index contributed by atoms with van der Waals surface area (Å²) in [7, 11) is 0. The number of fused-ring (bicyclic) bond motifs is 1. The first-order valence-electron chi connectivity index (χ1n) is 9.00. The fraction of sp³-hybridized carbons (Fsp3) is 0.350. The quantitative estimate of drug-likeness (QED) is 0.697. The number of aromatic nitrogens is 2. The smallest absolute Gasteiger partial charge is 0.263 e. The van der Waals surface area contributed by atoms with Crippen molar-refractivity contribution in [2.45, 2.75) is 46.1 Å². The van der Waals surface area contributed by atoms with Crippen LogP contribution in [0.1, 0.15) is 43.5 Å². The second kappa shape index (κ2) is 7.05. The van der Waals surface area contributed by atoms with Gasteiger partial charge in [0.1, 0.15) is 9.88 Å². The molecule has 140 valence electrons. The summed E-state index contributed by atoms with van der Waals surface area (Å²) in [5, 5.41) is 4.70. The molecule has 1 amide bonds. The number of carbonyl (C=O) groups is 1. The van der Waals surface area contributed by atoms with Crippen molar-refractivity contribution in [3.05, 3.63) is 50.5 Å². The van der Waals surface area contributed by atoms with Gasteiger partial charge in [0.25, 0.3) is 5.91 Å². The van der Waals surface area contributed by atoms with E-state index in [1.54, 1.807) is 0 Å². The molecule has 2 heterocycles. The van der Waals surface area contributed by atoms with Crippen molar-refractivity contribution < 1.29 is 4.79 Å². The number of nitrogen functional groups attached to an aromatic ring is 1. The Balaban J connectivity index is 1.52. The number of nitrogens with zero attached hydrogens (tertiary/aromatic N) is 2. The Bertz CT molecular complexity index is 1020. The third-order valence-corrected chi connectivity index (χ3v) is 7.05. The third-order valence-electron chi connectivity index (χ3n) is 4.91. The minimum absolute atomic E-state index is 0.0352. The molecule has 0 aliphatic heterocycles. The van der Waals surface area contributed by atoms with Gasteiger partial charge in [0.2, 0.25) is 0 Å². The maximum atomic E-state index is 12.9. The van der Waals surface area contributed by atoms with Crippen molar-refractivity contribution in [1.29, 1.82) is 0 Å². The Hall–Kier alpha value is -2.25. The minimum atomic E-state index is -0.0352. The molecule has 3 N–H and O–H groups in total. The highest BCUT2D eigenvalue weighted by atomic mass is 32.1. The van der Waals surface area contributed by atoms with E-state index in [0.717, 1.165) is 41.2 Å². The maximum absolute atomic E-state index is 12.9. The van der Waals surface area contributed by atoms with Gasteiger partial charge in [0.05, 0.1) is 11.4 Å². The van der Waals surface area contributed by atoms with Crippen LogP contribution in [-0.2, 0) is 12.8 Å². The van der Waals surface area contributed by atoms with Crippen molar-refractivity contribution in [1.82, 2.24) is 15.3 Å². The molecule has 0 saturated carbocycles. The third kappa shape index (κ3) is 3.61. The van der Waals surface area contributed by atoms with E-state index in [2.05, 4.69) is 47.3 Å². The van der Waals surface area contributed by atoms with Crippen LogP contribution in [0.15, 0.2) is 18.2 Å². The molecule has 4 rings (SSSR count). The highest BCUT2D eigenvalue weighted by Gasteiger charge is 2.25. The largest absolute Gasteiger partial charge is 0.375 e. The van der Waals surface area contributed by atoms with Gasteiger partial charge in [-0.3, -0.25) is 4.79 Å². The number of benzene rings is 1. The van der Waals surface area contributed by atoms with Gasteiger partial charge in [-0.1, -0.05) is 23.8 Å². The molecule has 5 nitrogen and oxygen atoms in total. The van der Waals surface area contributed by atoms with Gasteiger partial charge in [0, 0.05) is 22.9 Å². The van der Waals surface area contributed by atoms with Crippen LogP contribution in [0.5, 0.6) is 0 Å². The van der Waals surface area contributed by atoms with Crippen LogP contribution in [0, 0.1) is 20.8 Å². The summed E-state index contributed by atoms with van der Waals surface area (Å²) in [6.07, 6.45) is 2.56. The second-order valence-corrected chi connectivity index (χ2v) is 9.20. The highest BCUT2D eigenvalue weighted by molar-refractivity contribution is 7.17. The molecule has 0 fully saturated rings. The average molecular weight is 399 g/mol. The summed E-state index contributed by atoms with van der Waals surface area (Å²) in [6, 6.07) is 6.43. The highest BCUT2D eigenvalue weighted by Crippen LogP contribution is 2.32. The molecule has 1 aliphatic rings. The van der Waals surface area contributed by atoms with E-state index < -0.39 is 0 Å². The van der Waals surface area contributed by atoms with Crippen molar-refractivity contribution in [3.63, 3.8) is 0 Å². The Labute approximate surface area is 166 Å². The van der Waals surface area contributed by atoms with Gasteiger partial charge in [-0.05, 0) is 39.2 Å². The lowest BCUT2D eigenvalue weighted by atomic mass is 9.97. The van der Waals surface area contributed by atoms with E-state index >= 15 is 0 Å². The van der Waals surface area contributed by atoms with Crippen LogP contribution >= 0.6 is 22.7 Å². The summed E-state index contributed by atoms with van der Waals surface area (Å²) in [6.45, 7) is 6.07. The number of hydrogen-bond donors (Lipinski definition) is 2. The molecule has 0 bridgehead atoms. The molecular weight excluding hydrogens is 376 g/mol. The van der Waals surface area contributed by atoms with E-state index in [0.29, 0.717) is 10.0 Å². The molecule has 0 saturated heterocycles. The molecule has 0 unspecified atom stereocenters. The molecule has 27 heavy (non-hydrogen) atoms. The van der Waals surface area contributed by atoms with E-state index in [1.165, 1.54) is 38.7 Å². The van der Waals surface area contributed by atoms with Gasteiger partial charge >= 0.3 is 0 Å². The summed E-state index contributed by atoms with van der Waals surface area (Å²) in [5.41, 5.74) is 11.2. The van der Waals surface area contributed by atoms with E-state index in [4.69, 9.17) is 5.73 Å². The maximum Gasteiger partial charge on any atom is 0.263 e. The summed E-state index contributed by atoms with van der Waals surface area (Å²) in [4.78, 5) is 23.8. The number of amides is 1. The van der Waals surface area contributed by atoms with Crippen LogP contribution in [0.4, 0.5) is 5.13 Å². The van der Waals surface area contributed by atoms with Crippen LogP contribution in [0.3, 0.4) is 0 Å². The van der Waals surface area contributed by atoms with Crippen LogP contribution in [0.25, 0.3) is 10.6 Å². The Morgan fingerprint density at radius 3 is 2.81 bits per heavy atom. The monoisotopic (exact) mass is 398 g/mol. The van der Waals surface area contributed by atoms with Crippen molar-refractivity contribution in [2.75, 3.05) is 5.73 Å². The standard InChI is InChI=1S/C20H22N4OS2/c1-10-4-6-14(11(2)8-10)19-22-12(3)17(27-19)18(25)23-13-5-7-15-16(9-13)26-20(21)24-15/h4,6,8,13H,5,7,9H2,1-3H3,(H2,21,24)(H,23,25)/t13-/m0/s1. The lowest BCUT2D eigenvalue weighted by molar-refractivity contribution is 0.0937. The van der Waals surface area contributed by atoms with E-state index in [1.807, 2.05) is 6.92 Å².